The third kappa shape index (κ3) is 2.51. The number of ether oxygens (including phenoxy) is 2. The molecule has 3 aliphatic carbocycles. The Morgan fingerprint density at radius 1 is 1.28 bits per heavy atom. The number of carbonyl (C=O) groups excluding carboxylic acids is 1. The quantitative estimate of drug-likeness (QED) is 0.717. The van der Waals surface area contributed by atoms with Gasteiger partial charge < -0.3 is 9.47 Å². The molecule has 4 rings (SSSR count). The van der Waals surface area contributed by atoms with Crippen molar-refractivity contribution in [2.24, 2.45) is 17.3 Å². The zero-order valence-corrected chi connectivity index (χ0v) is 15.7. The predicted molar refractivity (Wildman–Crippen MR) is 97.6 cm³/mol. The van der Waals surface area contributed by atoms with Gasteiger partial charge >= 0.3 is 5.97 Å². The van der Waals surface area contributed by atoms with Gasteiger partial charge in [-0.05, 0) is 91.7 Å². The first-order valence-electron chi connectivity index (χ1n) is 9.50. The average Bonchev–Trinajstić information content (AvgIpc) is 2.90. The van der Waals surface area contributed by atoms with E-state index in [1.807, 2.05) is 0 Å². The summed E-state index contributed by atoms with van der Waals surface area (Å²) in [5.41, 5.74) is 4.46. The van der Waals surface area contributed by atoms with Gasteiger partial charge in [0.2, 0.25) is 0 Å². The minimum Gasteiger partial charge on any atom is -0.497 e. The second kappa shape index (κ2) is 5.89. The van der Waals surface area contributed by atoms with E-state index in [0.717, 1.165) is 30.8 Å². The zero-order chi connectivity index (χ0) is 17.8. The zero-order valence-electron chi connectivity index (χ0n) is 15.7. The Bertz CT molecular complexity index is 748. The highest BCUT2D eigenvalue weighted by Gasteiger charge is 2.53. The first kappa shape index (κ1) is 16.7. The molecule has 0 radical (unpaired) electrons. The van der Waals surface area contributed by atoms with Crippen molar-refractivity contribution in [2.75, 3.05) is 7.11 Å². The molecule has 1 aromatic carbocycles. The van der Waals surface area contributed by atoms with Gasteiger partial charge in [-0.3, -0.25) is 4.79 Å². The van der Waals surface area contributed by atoms with E-state index in [1.165, 1.54) is 30.9 Å². The maximum absolute atomic E-state index is 11.5. The first-order valence-corrected chi connectivity index (χ1v) is 9.50. The highest BCUT2D eigenvalue weighted by Crippen LogP contribution is 2.61. The van der Waals surface area contributed by atoms with Gasteiger partial charge in [-0.2, -0.15) is 0 Å². The number of allylic oxidation sites excluding steroid dienone is 2. The highest BCUT2D eigenvalue weighted by atomic mass is 16.5. The van der Waals surface area contributed by atoms with E-state index >= 15 is 0 Å². The molecule has 0 saturated heterocycles. The van der Waals surface area contributed by atoms with Crippen molar-refractivity contribution >= 4 is 5.97 Å². The van der Waals surface area contributed by atoms with Gasteiger partial charge in [0.05, 0.1) is 7.11 Å². The molecule has 0 amide bonds. The summed E-state index contributed by atoms with van der Waals surface area (Å²) in [4.78, 5) is 11.5. The summed E-state index contributed by atoms with van der Waals surface area (Å²) in [6, 6.07) is 4.43. The molecule has 0 spiro atoms. The monoisotopic (exact) mass is 340 g/mol. The summed E-state index contributed by atoms with van der Waals surface area (Å²) in [6.07, 6.45) is 7.87. The van der Waals surface area contributed by atoms with Crippen LogP contribution in [0.2, 0.25) is 0 Å². The van der Waals surface area contributed by atoms with Gasteiger partial charge in [0.1, 0.15) is 11.5 Å². The van der Waals surface area contributed by atoms with Crippen LogP contribution in [0.1, 0.15) is 62.1 Å². The molecule has 0 bridgehead atoms. The van der Waals surface area contributed by atoms with E-state index in [2.05, 4.69) is 32.1 Å². The molecule has 1 fully saturated rings. The van der Waals surface area contributed by atoms with Crippen LogP contribution in [0.3, 0.4) is 0 Å². The molecule has 0 N–H and O–H groups in total. The van der Waals surface area contributed by atoms with Gasteiger partial charge in [0, 0.05) is 12.3 Å². The van der Waals surface area contributed by atoms with Crippen molar-refractivity contribution in [1.29, 1.82) is 0 Å². The Hall–Kier alpha value is -1.77. The molecule has 25 heavy (non-hydrogen) atoms. The standard InChI is InChI=1S/C22H28O3/c1-13-11-16(24-4)12-15-5-6-17-18(21(13)15)9-10-22(3)19(17)7-8-20(22)25-14(2)23/h8,11-12,17-19H,5-7,9-10H2,1-4H3/t17-,18+,19+,22+/m1/s1. The van der Waals surface area contributed by atoms with Crippen LogP contribution in [-0.2, 0) is 16.0 Å². The average molecular weight is 340 g/mol. The second-order valence-corrected chi connectivity index (χ2v) is 8.29. The van der Waals surface area contributed by atoms with Crippen LogP contribution in [0.4, 0.5) is 0 Å². The van der Waals surface area contributed by atoms with E-state index in [0.29, 0.717) is 17.8 Å². The number of benzene rings is 1. The van der Waals surface area contributed by atoms with Crippen molar-refractivity contribution in [2.45, 2.75) is 58.8 Å². The molecule has 1 saturated carbocycles. The number of esters is 1. The summed E-state index contributed by atoms with van der Waals surface area (Å²) in [5.74, 6) is 3.64. The van der Waals surface area contributed by atoms with E-state index in [1.54, 1.807) is 12.7 Å². The summed E-state index contributed by atoms with van der Waals surface area (Å²) < 4.78 is 11.1. The number of hydrogen-bond acceptors (Lipinski definition) is 3. The molecule has 134 valence electrons. The lowest BCUT2D eigenvalue weighted by molar-refractivity contribution is -0.139. The van der Waals surface area contributed by atoms with Crippen molar-refractivity contribution in [1.82, 2.24) is 0 Å². The SMILES string of the molecule is COc1cc(C)c2c(c1)CC[C@@H]1[C@@H]2CC[C@]2(C)C(OC(C)=O)=CC[C@@H]12. The fourth-order valence-corrected chi connectivity index (χ4v) is 5.90. The Labute approximate surface area is 150 Å². The summed E-state index contributed by atoms with van der Waals surface area (Å²) in [5, 5.41) is 0. The summed E-state index contributed by atoms with van der Waals surface area (Å²) in [7, 11) is 1.75. The lowest BCUT2D eigenvalue weighted by Gasteiger charge is -2.50. The number of methoxy groups -OCH3 is 1. The normalized spacial score (nSPS) is 33.0. The number of aryl methyl sites for hydroxylation is 2. The molecule has 0 aliphatic heterocycles. The molecule has 1 aromatic rings. The Balaban J connectivity index is 1.66. The van der Waals surface area contributed by atoms with Crippen molar-refractivity contribution in [3.05, 3.63) is 40.7 Å². The topological polar surface area (TPSA) is 35.5 Å². The third-order valence-corrected chi connectivity index (χ3v) is 7.00. The number of fused-ring (bicyclic) bond motifs is 5. The fourth-order valence-electron chi connectivity index (χ4n) is 5.90. The maximum Gasteiger partial charge on any atom is 0.307 e. The van der Waals surface area contributed by atoms with Gasteiger partial charge in [0.25, 0.3) is 0 Å². The van der Waals surface area contributed by atoms with Crippen LogP contribution in [0, 0.1) is 24.2 Å². The number of carbonyl (C=O) groups is 1. The molecule has 0 unspecified atom stereocenters. The molecule has 3 heteroatoms. The third-order valence-electron chi connectivity index (χ3n) is 7.00. The van der Waals surface area contributed by atoms with E-state index in [-0.39, 0.29) is 11.4 Å². The van der Waals surface area contributed by atoms with Crippen molar-refractivity contribution in [3.8, 4) is 5.75 Å². The van der Waals surface area contributed by atoms with Crippen molar-refractivity contribution < 1.29 is 14.3 Å². The highest BCUT2D eigenvalue weighted by molar-refractivity contribution is 5.67. The number of rotatable bonds is 2. The molecule has 4 atom stereocenters. The smallest absolute Gasteiger partial charge is 0.307 e. The Morgan fingerprint density at radius 2 is 2.08 bits per heavy atom. The van der Waals surface area contributed by atoms with Crippen LogP contribution in [-0.4, -0.2) is 13.1 Å². The van der Waals surface area contributed by atoms with E-state index in [9.17, 15) is 4.79 Å². The second-order valence-electron chi connectivity index (χ2n) is 8.29. The first-order chi connectivity index (χ1) is 11.9. The summed E-state index contributed by atoms with van der Waals surface area (Å²) in [6.45, 7) is 6.05. The van der Waals surface area contributed by atoms with Gasteiger partial charge in [-0.25, -0.2) is 0 Å². The lowest BCUT2D eigenvalue weighted by Crippen LogP contribution is -2.42. The van der Waals surface area contributed by atoms with Crippen LogP contribution in [0.15, 0.2) is 24.0 Å². The predicted octanol–water partition coefficient (Wildman–Crippen LogP) is 4.92. The fraction of sp³-hybridized carbons (Fsp3) is 0.591. The van der Waals surface area contributed by atoms with E-state index < -0.39 is 0 Å². The number of hydrogen-bond donors (Lipinski definition) is 0. The van der Waals surface area contributed by atoms with Crippen LogP contribution in [0.25, 0.3) is 0 Å². The molecule has 3 aliphatic rings. The van der Waals surface area contributed by atoms with Gasteiger partial charge in [0.15, 0.2) is 0 Å². The summed E-state index contributed by atoms with van der Waals surface area (Å²) >= 11 is 0. The Kier molecular flexibility index (Phi) is 3.93. The van der Waals surface area contributed by atoms with E-state index in [4.69, 9.17) is 9.47 Å². The van der Waals surface area contributed by atoms with Crippen LogP contribution >= 0.6 is 0 Å². The molecular formula is C22H28O3. The molecule has 0 aromatic heterocycles. The van der Waals surface area contributed by atoms with Crippen LogP contribution in [0.5, 0.6) is 5.75 Å². The largest absolute Gasteiger partial charge is 0.497 e. The van der Waals surface area contributed by atoms with Crippen LogP contribution < -0.4 is 4.74 Å². The minimum absolute atomic E-state index is 0.0325. The van der Waals surface area contributed by atoms with Gasteiger partial charge in [-0.1, -0.05) is 6.92 Å². The molecule has 3 nitrogen and oxygen atoms in total. The molecular weight excluding hydrogens is 312 g/mol. The minimum atomic E-state index is -0.188. The maximum atomic E-state index is 11.5. The van der Waals surface area contributed by atoms with Gasteiger partial charge in [-0.15, -0.1) is 0 Å². The lowest BCUT2D eigenvalue weighted by atomic mass is 9.55. The van der Waals surface area contributed by atoms with Crippen molar-refractivity contribution in [3.63, 3.8) is 0 Å². The Morgan fingerprint density at radius 3 is 2.80 bits per heavy atom. The molecule has 0 heterocycles.